The van der Waals surface area contributed by atoms with Gasteiger partial charge in [-0.05, 0) is 41.8 Å². The maximum atomic E-state index is 12.2. The Hall–Kier alpha value is -1.85. The highest BCUT2D eigenvalue weighted by Gasteiger charge is 2.18. The number of carbonyl (C=O) groups is 1. The van der Waals surface area contributed by atoms with Crippen molar-refractivity contribution in [3.8, 4) is 0 Å². The number of amides is 1. The first-order valence-corrected chi connectivity index (χ1v) is 8.77. The third-order valence-corrected chi connectivity index (χ3v) is 5.46. The lowest BCUT2D eigenvalue weighted by atomic mass is 9.99. The zero-order chi connectivity index (χ0) is 16.3. The second-order valence-corrected chi connectivity index (χ2v) is 7.54. The van der Waals surface area contributed by atoms with Crippen molar-refractivity contribution in [2.75, 3.05) is 5.75 Å². The van der Waals surface area contributed by atoms with E-state index in [1.807, 2.05) is 0 Å². The van der Waals surface area contributed by atoms with Gasteiger partial charge in [-0.2, -0.15) is 0 Å². The molecule has 0 saturated carbocycles. The lowest BCUT2D eigenvalue weighted by molar-refractivity contribution is 0.0999. The second-order valence-electron chi connectivity index (χ2n) is 4.85. The molecule has 0 fully saturated rings. The summed E-state index contributed by atoms with van der Waals surface area (Å²) >= 11 is 5.99. The molecule has 4 nitrogen and oxygen atoms in total. The van der Waals surface area contributed by atoms with E-state index in [2.05, 4.69) is 0 Å². The molecule has 2 N–H and O–H groups in total. The topological polar surface area (TPSA) is 77.2 Å². The zero-order valence-corrected chi connectivity index (χ0v) is 13.6. The van der Waals surface area contributed by atoms with E-state index in [0.29, 0.717) is 21.7 Å². The summed E-state index contributed by atoms with van der Waals surface area (Å²) in [6.45, 7) is 1.59. The molecule has 2 aromatic rings. The van der Waals surface area contributed by atoms with Crippen molar-refractivity contribution in [3.63, 3.8) is 0 Å². The smallest absolute Gasteiger partial charge is 0.248 e. The van der Waals surface area contributed by atoms with Crippen molar-refractivity contribution in [3.05, 3.63) is 64.2 Å². The van der Waals surface area contributed by atoms with Crippen molar-refractivity contribution >= 4 is 27.3 Å². The molecule has 0 spiro atoms. The number of hydrogen-bond donors (Lipinski definition) is 1. The van der Waals surface area contributed by atoms with E-state index in [0.717, 1.165) is 0 Å². The highest BCUT2D eigenvalue weighted by Crippen LogP contribution is 2.25. The van der Waals surface area contributed by atoms with Gasteiger partial charge in [-0.15, -0.1) is 0 Å². The molecular formula is C16H16ClNO3S. The van der Waals surface area contributed by atoms with Crippen LogP contribution in [0.4, 0.5) is 0 Å². The average Bonchev–Trinajstić information content (AvgIpc) is 2.47. The highest BCUT2D eigenvalue weighted by molar-refractivity contribution is 7.91. The van der Waals surface area contributed by atoms with Crippen LogP contribution in [-0.2, 0) is 16.3 Å². The Bertz CT molecular complexity index is 816. The Balaban J connectivity index is 2.55. The molecular weight excluding hydrogens is 322 g/mol. The quantitative estimate of drug-likeness (QED) is 0.911. The van der Waals surface area contributed by atoms with Gasteiger partial charge in [0.25, 0.3) is 0 Å². The molecule has 22 heavy (non-hydrogen) atoms. The van der Waals surface area contributed by atoms with E-state index in [1.54, 1.807) is 43.3 Å². The monoisotopic (exact) mass is 337 g/mol. The maximum Gasteiger partial charge on any atom is 0.248 e. The maximum absolute atomic E-state index is 12.2. The Morgan fingerprint density at radius 1 is 1.14 bits per heavy atom. The van der Waals surface area contributed by atoms with Crippen LogP contribution >= 0.6 is 11.6 Å². The molecule has 116 valence electrons. The van der Waals surface area contributed by atoms with E-state index in [9.17, 15) is 13.2 Å². The van der Waals surface area contributed by atoms with E-state index in [-0.39, 0.29) is 17.1 Å². The minimum absolute atomic E-state index is 0.000894. The first kappa shape index (κ1) is 16.5. The van der Waals surface area contributed by atoms with E-state index in [4.69, 9.17) is 17.3 Å². The SMILES string of the molecule is CCS(=O)(=O)c1ccc(Cl)cc1Cc1ccccc1C(N)=O. The van der Waals surface area contributed by atoms with Crippen LogP contribution in [0.2, 0.25) is 5.02 Å². The molecule has 0 saturated heterocycles. The summed E-state index contributed by atoms with van der Waals surface area (Å²) in [4.78, 5) is 11.7. The molecule has 0 bridgehead atoms. The van der Waals surface area contributed by atoms with Crippen molar-refractivity contribution in [2.24, 2.45) is 5.73 Å². The first-order chi connectivity index (χ1) is 10.3. The van der Waals surface area contributed by atoms with Crippen LogP contribution in [0.5, 0.6) is 0 Å². The number of benzene rings is 2. The number of sulfone groups is 1. The fourth-order valence-corrected chi connectivity index (χ4v) is 3.58. The lowest BCUT2D eigenvalue weighted by Gasteiger charge is -2.12. The third-order valence-electron chi connectivity index (χ3n) is 3.40. The Morgan fingerprint density at radius 2 is 1.82 bits per heavy atom. The van der Waals surface area contributed by atoms with E-state index >= 15 is 0 Å². The molecule has 0 heterocycles. The van der Waals surface area contributed by atoms with E-state index in [1.165, 1.54) is 6.07 Å². The van der Waals surface area contributed by atoms with E-state index < -0.39 is 15.7 Å². The minimum atomic E-state index is -3.37. The van der Waals surface area contributed by atoms with Crippen LogP contribution in [0, 0.1) is 0 Å². The van der Waals surface area contributed by atoms with Crippen LogP contribution in [0.25, 0.3) is 0 Å². The molecule has 0 aliphatic rings. The van der Waals surface area contributed by atoms with Gasteiger partial charge in [-0.1, -0.05) is 36.7 Å². The summed E-state index contributed by atoms with van der Waals surface area (Å²) in [5, 5.41) is 0.446. The van der Waals surface area contributed by atoms with Gasteiger partial charge < -0.3 is 5.73 Å². The fourth-order valence-electron chi connectivity index (χ4n) is 2.27. The Morgan fingerprint density at radius 3 is 2.45 bits per heavy atom. The number of nitrogens with two attached hydrogens (primary N) is 1. The predicted molar refractivity (Wildman–Crippen MR) is 86.9 cm³/mol. The molecule has 2 aromatic carbocycles. The van der Waals surface area contributed by atoms with Crippen molar-refractivity contribution < 1.29 is 13.2 Å². The zero-order valence-electron chi connectivity index (χ0n) is 12.0. The van der Waals surface area contributed by atoms with Gasteiger partial charge in [0.05, 0.1) is 10.6 Å². The minimum Gasteiger partial charge on any atom is -0.366 e. The number of carbonyl (C=O) groups excluding carboxylic acids is 1. The summed E-state index contributed by atoms with van der Waals surface area (Å²) < 4.78 is 24.4. The molecule has 0 aliphatic carbocycles. The number of hydrogen-bond acceptors (Lipinski definition) is 3. The highest BCUT2D eigenvalue weighted by atomic mass is 35.5. The molecule has 1 amide bonds. The third kappa shape index (κ3) is 3.48. The van der Waals surface area contributed by atoms with Gasteiger partial charge in [-0.25, -0.2) is 8.42 Å². The van der Waals surface area contributed by atoms with Gasteiger partial charge in [0.2, 0.25) is 5.91 Å². The largest absolute Gasteiger partial charge is 0.366 e. The summed E-state index contributed by atoms with van der Waals surface area (Å²) in [6, 6.07) is 11.5. The average molecular weight is 338 g/mol. The normalized spacial score (nSPS) is 11.4. The van der Waals surface area contributed by atoms with Gasteiger partial charge in [0.15, 0.2) is 9.84 Å². The summed E-state index contributed by atoms with van der Waals surface area (Å²) in [7, 11) is -3.37. The van der Waals surface area contributed by atoms with Gasteiger partial charge in [-0.3, -0.25) is 4.79 Å². The Labute approximate surface area is 134 Å². The van der Waals surface area contributed by atoms with Crippen LogP contribution < -0.4 is 5.73 Å². The number of primary amides is 1. The standard InChI is InChI=1S/C16H16ClNO3S/c1-2-22(20,21)15-8-7-13(17)10-12(15)9-11-5-3-4-6-14(11)16(18)19/h3-8,10H,2,9H2,1H3,(H2,18,19). The van der Waals surface area contributed by atoms with Gasteiger partial charge >= 0.3 is 0 Å². The number of rotatable bonds is 5. The predicted octanol–water partition coefficient (Wildman–Crippen LogP) is 2.82. The van der Waals surface area contributed by atoms with Crippen molar-refractivity contribution in [2.45, 2.75) is 18.2 Å². The molecule has 0 aliphatic heterocycles. The number of halogens is 1. The van der Waals surface area contributed by atoms with Crippen molar-refractivity contribution in [1.29, 1.82) is 0 Å². The van der Waals surface area contributed by atoms with Gasteiger partial charge in [0.1, 0.15) is 0 Å². The lowest BCUT2D eigenvalue weighted by Crippen LogP contribution is -2.14. The summed E-state index contributed by atoms with van der Waals surface area (Å²) in [5.41, 5.74) is 6.97. The van der Waals surface area contributed by atoms with Crippen molar-refractivity contribution in [1.82, 2.24) is 0 Å². The second kappa shape index (κ2) is 6.50. The molecule has 2 rings (SSSR count). The van der Waals surface area contributed by atoms with Crippen LogP contribution in [0.1, 0.15) is 28.4 Å². The molecule has 6 heteroatoms. The Kier molecular flexibility index (Phi) is 4.88. The van der Waals surface area contributed by atoms with Crippen LogP contribution in [0.3, 0.4) is 0 Å². The fraction of sp³-hybridized carbons (Fsp3) is 0.188. The van der Waals surface area contributed by atoms with Crippen LogP contribution in [0.15, 0.2) is 47.4 Å². The molecule has 0 radical (unpaired) electrons. The van der Waals surface area contributed by atoms with Gasteiger partial charge in [0, 0.05) is 10.6 Å². The molecule has 0 atom stereocenters. The molecule has 0 unspecified atom stereocenters. The first-order valence-electron chi connectivity index (χ1n) is 6.74. The van der Waals surface area contributed by atoms with Crippen LogP contribution in [-0.4, -0.2) is 20.1 Å². The molecule has 0 aromatic heterocycles. The summed E-state index contributed by atoms with van der Waals surface area (Å²) in [5.74, 6) is -0.545. The summed E-state index contributed by atoms with van der Waals surface area (Å²) in [6.07, 6.45) is 0.272.